The number of rotatable bonds is 7. The van der Waals surface area contributed by atoms with Crippen LogP contribution >= 0.6 is 28.4 Å². The predicted octanol–water partition coefficient (Wildman–Crippen LogP) is 2.43. The Morgan fingerprint density at radius 2 is 1.56 bits per heavy atom. The second-order valence-corrected chi connectivity index (χ2v) is 16.7. The molecule has 10 atom stereocenters. The highest BCUT2D eigenvalue weighted by Gasteiger charge is 2.65. The molecule has 9 N–H and O–H groups in total. The van der Waals surface area contributed by atoms with Crippen LogP contribution in [0, 0.1) is 17.8 Å². The number of hydrogen-bond acceptors (Lipinski definition) is 18. The molecule has 1 saturated carbocycles. The van der Waals surface area contributed by atoms with Crippen molar-refractivity contribution in [1.82, 2.24) is 15.0 Å². The molecule has 5 aliphatic carbocycles. The van der Waals surface area contributed by atoms with Crippen molar-refractivity contribution in [3.05, 3.63) is 93.5 Å². The third-order valence-corrected chi connectivity index (χ3v) is 13.0. The number of phenols is 1. The lowest BCUT2D eigenvalue weighted by Crippen LogP contribution is -2.65. The van der Waals surface area contributed by atoms with Crippen LogP contribution in [0.25, 0.3) is 5.76 Å². The minimum atomic E-state index is -2.60. The summed E-state index contributed by atoms with van der Waals surface area (Å²) in [6.45, 7) is 0. The first kappa shape index (κ1) is 47.9. The van der Waals surface area contributed by atoms with E-state index in [-0.39, 0.29) is 63.6 Å². The monoisotopic (exact) mass is 941 g/mol. The van der Waals surface area contributed by atoms with Gasteiger partial charge in [0.15, 0.2) is 22.9 Å². The van der Waals surface area contributed by atoms with Crippen LogP contribution in [0.2, 0.25) is 0 Å². The van der Waals surface area contributed by atoms with Crippen LogP contribution in [0.3, 0.4) is 0 Å². The second-order valence-electron chi connectivity index (χ2n) is 16.0. The molecular weight excluding hydrogens is 895 g/mol. The Balaban J connectivity index is 0.000000175. The third-order valence-electron chi connectivity index (χ3n) is 12.2. The van der Waals surface area contributed by atoms with Crippen molar-refractivity contribution in [1.29, 1.82) is 0 Å². The van der Waals surface area contributed by atoms with Crippen LogP contribution < -0.4 is 20.5 Å². The summed E-state index contributed by atoms with van der Waals surface area (Å²) >= 11 is 0. The van der Waals surface area contributed by atoms with Crippen LogP contribution in [0.4, 0.5) is 5.69 Å². The Hall–Kier alpha value is -5.58. The van der Waals surface area contributed by atoms with Gasteiger partial charge >= 0.3 is 5.97 Å². The number of primary amides is 1. The second kappa shape index (κ2) is 18.1. The normalized spacial score (nSPS) is 26.7. The summed E-state index contributed by atoms with van der Waals surface area (Å²) in [5, 5.41) is 55.6. The first-order valence-corrected chi connectivity index (χ1v) is 20.7. The van der Waals surface area contributed by atoms with Crippen LogP contribution in [0.15, 0.2) is 70.0 Å². The molecule has 2 aromatic carbocycles. The van der Waals surface area contributed by atoms with Crippen molar-refractivity contribution < 1.29 is 72.4 Å². The molecule has 0 spiro atoms. The summed E-state index contributed by atoms with van der Waals surface area (Å²) < 4.78 is 20.5. The smallest absolute Gasteiger partial charge is 0.341 e. The Bertz CT molecular complexity index is 2570. The number of aromatic nitrogens is 1. The average molecular weight is 942 g/mol. The summed E-state index contributed by atoms with van der Waals surface area (Å²) in [6, 6.07) is 7.96. The Kier molecular flexibility index (Phi) is 13.6. The summed E-state index contributed by atoms with van der Waals surface area (Å²) in [7, 11) is 12.9. The molecule has 3 aromatic rings. The van der Waals surface area contributed by atoms with Crippen LogP contribution in [-0.2, 0) is 30.1 Å². The molecule has 8 rings (SSSR count). The van der Waals surface area contributed by atoms with E-state index in [1.807, 2.05) is 37.9 Å². The van der Waals surface area contributed by atoms with Crippen molar-refractivity contribution >= 4 is 74.9 Å². The number of carbonyl (C=O) groups excluding carboxylic acids is 5. The molecule has 64 heavy (non-hydrogen) atoms. The Morgan fingerprint density at radius 1 is 0.906 bits per heavy atom. The zero-order valence-corrected chi connectivity index (χ0v) is 38.1. The molecule has 0 saturated heterocycles. The minimum Gasteiger partial charge on any atom is -0.508 e. The quantitative estimate of drug-likeness (QED) is 0.0774. The number of aromatic hydroxyl groups is 1. The number of Topliss-reactive ketones (excluding diaryl/α,β-unsaturated/α-hetero) is 3. The van der Waals surface area contributed by atoms with Gasteiger partial charge in [-0.2, -0.15) is 0 Å². The Labute approximate surface area is 372 Å². The number of anilines is 1. The van der Waals surface area contributed by atoms with Crippen molar-refractivity contribution in [2.24, 2.45) is 23.5 Å². The van der Waals surface area contributed by atoms with Crippen LogP contribution in [0.5, 0.6) is 17.4 Å². The summed E-state index contributed by atoms with van der Waals surface area (Å²) in [5.41, 5.74) is 6.60. The number of allylic oxidation sites excluding steroid dienone is 1. The number of nitrogen functional groups attached to an aromatic ring is 1. The number of benzene rings is 2. The number of aliphatic hydroxyl groups excluding tert-OH is 2. The lowest BCUT2D eigenvalue weighted by molar-refractivity contribution is -0.153. The molecular formula is C41H46N5O15P3. The maximum absolute atomic E-state index is 13.5. The van der Waals surface area contributed by atoms with E-state index in [2.05, 4.69) is 14.6 Å². The van der Waals surface area contributed by atoms with Gasteiger partial charge in [-0.3, -0.25) is 33.8 Å². The van der Waals surface area contributed by atoms with Crippen molar-refractivity contribution in [2.45, 2.75) is 42.5 Å². The van der Waals surface area contributed by atoms with Gasteiger partial charge in [-0.25, -0.2) is 4.79 Å². The van der Waals surface area contributed by atoms with Gasteiger partial charge in [-0.05, 0) is 88.4 Å². The number of phenolic OH excluding ortho intramolecular Hbond substituents is 1. The molecule has 23 heteroatoms. The fraction of sp³-hybridized carbons (Fsp3) is 0.341. The van der Waals surface area contributed by atoms with E-state index in [1.165, 1.54) is 29.2 Å². The first-order chi connectivity index (χ1) is 30.2. The number of amides is 1. The zero-order valence-electron chi connectivity index (χ0n) is 34.7. The fourth-order valence-electron chi connectivity index (χ4n) is 9.42. The lowest BCUT2D eigenvalue weighted by Gasteiger charge is -2.50. The van der Waals surface area contributed by atoms with Gasteiger partial charge in [0, 0.05) is 32.6 Å². The molecule has 0 bridgehead atoms. The highest BCUT2D eigenvalue weighted by Crippen LogP contribution is 2.54. The van der Waals surface area contributed by atoms with Gasteiger partial charge in [0.2, 0.25) is 17.2 Å². The number of carboxylic acid groups (broad SMARTS) is 1. The van der Waals surface area contributed by atoms with E-state index in [9.17, 15) is 49.2 Å². The van der Waals surface area contributed by atoms with E-state index in [1.54, 1.807) is 38.4 Å². The van der Waals surface area contributed by atoms with E-state index < -0.39 is 81.3 Å². The number of nitrogens with two attached hydrogens (primary N) is 2. The molecule has 0 aliphatic heterocycles. The SMILES string of the molecule is CN(C)[C@@H]1C(=O)C(C(N)=O)=C(O)[C@@]2(O)C(=O)C3=C(O)c4c(O)cccc4C[C@H]3C[C@@H]12.CN(C)[C@@H]1c2onc(OP)c2C(=O)[C@@]2(OP)C(=O)C=CC[C@@H]12.Nc1cccc(OP)c1C(=O)O. The van der Waals surface area contributed by atoms with E-state index in [0.29, 0.717) is 24.2 Å². The van der Waals surface area contributed by atoms with Crippen molar-refractivity contribution in [3.63, 3.8) is 0 Å². The number of hydrogen-bond donors (Lipinski definition) is 7. The van der Waals surface area contributed by atoms with E-state index in [4.69, 9.17) is 34.7 Å². The molecule has 1 heterocycles. The maximum Gasteiger partial charge on any atom is 0.341 e. The van der Waals surface area contributed by atoms with Crippen molar-refractivity contribution in [3.8, 4) is 17.4 Å². The van der Waals surface area contributed by atoms with Gasteiger partial charge < -0.3 is 55.1 Å². The number of carboxylic acids is 1. The largest absolute Gasteiger partial charge is 0.508 e. The number of ketones is 4. The van der Waals surface area contributed by atoms with Gasteiger partial charge in [0.1, 0.15) is 39.7 Å². The first-order valence-electron chi connectivity index (χ1n) is 19.3. The van der Waals surface area contributed by atoms with E-state index >= 15 is 0 Å². The lowest BCUT2D eigenvalue weighted by atomic mass is 9.57. The van der Waals surface area contributed by atoms with E-state index in [0.717, 1.165) is 0 Å². The number of aliphatic hydroxyl groups is 3. The molecule has 3 unspecified atom stereocenters. The summed E-state index contributed by atoms with van der Waals surface area (Å²) in [5.74, 6) is -8.09. The number of carbonyl (C=O) groups is 6. The third kappa shape index (κ3) is 7.46. The minimum absolute atomic E-state index is 0.00694. The van der Waals surface area contributed by atoms with Gasteiger partial charge in [-0.1, -0.05) is 24.3 Å². The number of likely N-dealkylation sites (N-methyl/N-ethyl adjacent to an activating group) is 1. The van der Waals surface area contributed by atoms with Crippen molar-refractivity contribution in [2.75, 3.05) is 33.9 Å². The molecule has 20 nitrogen and oxygen atoms in total. The average Bonchev–Trinajstić information content (AvgIpc) is 3.66. The number of aromatic carboxylic acids is 1. The molecule has 0 radical (unpaired) electrons. The fourth-order valence-corrected chi connectivity index (χ4v) is 10.2. The highest BCUT2D eigenvalue weighted by molar-refractivity contribution is 7.10. The molecule has 5 aliphatic rings. The Morgan fingerprint density at radius 3 is 2.12 bits per heavy atom. The van der Waals surface area contributed by atoms with Gasteiger partial charge in [0.05, 0.1) is 36.6 Å². The van der Waals surface area contributed by atoms with Gasteiger partial charge in [-0.15, -0.1) is 0 Å². The highest BCUT2D eigenvalue weighted by atomic mass is 31.0. The predicted molar refractivity (Wildman–Crippen MR) is 236 cm³/mol. The number of fused-ring (bicyclic) bond motifs is 5. The van der Waals surface area contributed by atoms with Crippen LogP contribution in [-0.4, -0.2) is 121 Å². The maximum atomic E-state index is 13.5. The summed E-state index contributed by atoms with van der Waals surface area (Å²) in [6.07, 6.45) is 4.05. The zero-order chi connectivity index (χ0) is 47.3. The molecule has 1 aromatic heterocycles. The van der Waals surface area contributed by atoms with Gasteiger partial charge in [0.25, 0.3) is 11.8 Å². The summed E-state index contributed by atoms with van der Waals surface area (Å²) in [4.78, 5) is 77.8. The molecule has 1 fully saturated rings. The van der Waals surface area contributed by atoms with Crippen LogP contribution in [0.1, 0.15) is 56.5 Å². The topological polar surface area (TPSA) is 316 Å². The molecule has 1 amide bonds. The number of nitrogens with zero attached hydrogens (tertiary/aromatic N) is 3. The molecule has 340 valence electrons. The standard InChI is InChI=1S/C21H22N2O7.C13H16N2O5P2.C7H8NO3P/c1-23(2)15-10-7-9-6-8-4-3-5-11(24)12(8)16(25)13(9)18(27)21(10,30)19(28)14(17(15)26)20(22)29;1-15(2)9-6-4-3-5-7(16)13(6,20-22)11(17)8-10(9)18-14-12(8)19-21;8-4-2-1-3-5(11-12)6(4)7(9)10/h3-5,9-10,15,24-25,28,30H,6-7H2,1-2H3,(H2,22,29);3,5-6,9H,4,21-22H2,1-2H3;1-3H,8,12H2,(H,9,10)/t9-,10-,15-,21-;6-,9-,13-;/m00./s1.